The molecule has 2 amide bonds. The standard InChI is InChI=1S/C14H17FN2O4/c15-11-4-1-3-10(7-11)8-12(18)17-9-13(19)16-6-2-5-14(20)21/h1,3-4,7H,2,5-6,8-9H2,(H,16,19)(H,17,18)(H,20,21). The van der Waals surface area contributed by atoms with Crippen molar-refractivity contribution < 1.29 is 23.9 Å². The average molecular weight is 296 g/mol. The molecule has 114 valence electrons. The van der Waals surface area contributed by atoms with Gasteiger partial charge in [-0.1, -0.05) is 12.1 Å². The third-order valence-corrected chi connectivity index (χ3v) is 2.59. The fraction of sp³-hybridized carbons (Fsp3) is 0.357. The lowest BCUT2D eigenvalue weighted by Crippen LogP contribution is -2.38. The van der Waals surface area contributed by atoms with Gasteiger partial charge in [-0.25, -0.2) is 4.39 Å². The topological polar surface area (TPSA) is 95.5 Å². The molecule has 0 aliphatic heterocycles. The van der Waals surface area contributed by atoms with Crippen LogP contribution >= 0.6 is 0 Å². The molecule has 1 aromatic carbocycles. The molecule has 0 bridgehead atoms. The molecule has 0 radical (unpaired) electrons. The summed E-state index contributed by atoms with van der Waals surface area (Å²) in [5, 5.41) is 13.3. The predicted molar refractivity (Wildman–Crippen MR) is 73.0 cm³/mol. The van der Waals surface area contributed by atoms with Crippen molar-refractivity contribution in [2.75, 3.05) is 13.1 Å². The summed E-state index contributed by atoms with van der Waals surface area (Å²) in [6.45, 7) is 0.0477. The molecule has 1 aromatic rings. The van der Waals surface area contributed by atoms with Crippen LogP contribution in [0.25, 0.3) is 0 Å². The lowest BCUT2D eigenvalue weighted by molar-refractivity contribution is -0.137. The molecule has 0 aromatic heterocycles. The van der Waals surface area contributed by atoms with Crippen molar-refractivity contribution in [1.82, 2.24) is 10.6 Å². The third kappa shape index (κ3) is 7.66. The van der Waals surface area contributed by atoms with Crippen LogP contribution in [0.5, 0.6) is 0 Å². The first-order chi connectivity index (χ1) is 9.97. The van der Waals surface area contributed by atoms with Gasteiger partial charge in [-0.05, 0) is 24.1 Å². The number of aliphatic carboxylic acids is 1. The highest BCUT2D eigenvalue weighted by Gasteiger charge is 2.07. The van der Waals surface area contributed by atoms with Crippen LogP contribution < -0.4 is 10.6 Å². The summed E-state index contributed by atoms with van der Waals surface area (Å²) in [7, 11) is 0. The molecule has 0 fully saturated rings. The molecule has 0 spiro atoms. The summed E-state index contributed by atoms with van der Waals surface area (Å²) in [6, 6.07) is 5.67. The molecule has 0 saturated carbocycles. The first-order valence-corrected chi connectivity index (χ1v) is 6.47. The Morgan fingerprint density at radius 3 is 2.57 bits per heavy atom. The maximum Gasteiger partial charge on any atom is 0.303 e. The summed E-state index contributed by atoms with van der Waals surface area (Å²) >= 11 is 0. The van der Waals surface area contributed by atoms with Gasteiger partial charge in [-0.15, -0.1) is 0 Å². The maximum atomic E-state index is 12.9. The number of hydrogen-bond donors (Lipinski definition) is 3. The summed E-state index contributed by atoms with van der Waals surface area (Å²) in [5.41, 5.74) is 0.523. The Morgan fingerprint density at radius 2 is 1.90 bits per heavy atom. The summed E-state index contributed by atoms with van der Waals surface area (Å²) in [4.78, 5) is 33.2. The predicted octanol–water partition coefficient (Wildman–Crippen LogP) is 0.465. The number of carbonyl (C=O) groups is 3. The Labute approximate surface area is 121 Å². The van der Waals surface area contributed by atoms with Gasteiger partial charge in [0.15, 0.2) is 0 Å². The number of carbonyl (C=O) groups excluding carboxylic acids is 2. The average Bonchev–Trinajstić information content (AvgIpc) is 2.41. The van der Waals surface area contributed by atoms with Crippen LogP contribution in [0.4, 0.5) is 4.39 Å². The van der Waals surface area contributed by atoms with E-state index in [-0.39, 0.29) is 31.8 Å². The Balaban J connectivity index is 2.20. The van der Waals surface area contributed by atoms with E-state index >= 15 is 0 Å². The molecule has 7 heteroatoms. The van der Waals surface area contributed by atoms with Crippen molar-refractivity contribution in [3.8, 4) is 0 Å². The highest BCUT2D eigenvalue weighted by molar-refractivity contribution is 5.85. The van der Waals surface area contributed by atoms with Crippen LogP contribution in [0, 0.1) is 5.82 Å². The van der Waals surface area contributed by atoms with Gasteiger partial charge in [0.05, 0.1) is 13.0 Å². The minimum atomic E-state index is -0.923. The van der Waals surface area contributed by atoms with E-state index in [0.29, 0.717) is 12.0 Å². The van der Waals surface area contributed by atoms with Crippen molar-refractivity contribution in [2.24, 2.45) is 0 Å². The van der Waals surface area contributed by atoms with E-state index in [1.54, 1.807) is 6.07 Å². The van der Waals surface area contributed by atoms with Gasteiger partial charge in [-0.3, -0.25) is 14.4 Å². The van der Waals surface area contributed by atoms with Crippen LogP contribution in [-0.4, -0.2) is 36.0 Å². The minimum absolute atomic E-state index is 0.00987. The van der Waals surface area contributed by atoms with Crippen LogP contribution in [0.2, 0.25) is 0 Å². The molecule has 0 atom stereocenters. The van der Waals surface area contributed by atoms with Gasteiger partial charge < -0.3 is 15.7 Å². The Hall–Kier alpha value is -2.44. The van der Waals surface area contributed by atoms with E-state index in [9.17, 15) is 18.8 Å². The van der Waals surface area contributed by atoms with Crippen molar-refractivity contribution >= 4 is 17.8 Å². The van der Waals surface area contributed by atoms with Crippen molar-refractivity contribution in [3.05, 3.63) is 35.6 Å². The number of halogens is 1. The molecule has 0 unspecified atom stereocenters. The van der Waals surface area contributed by atoms with Crippen molar-refractivity contribution in [3.63, 3.8) is 0 Å². The highest BCUT2D eigenvalue weighted by Crippen LogP contribution is 2.03. The van der Waals surface area contributed by atoms with E-state index in [1.807, 2.05) is 0 Å². The quantitative estimate of drug-likeness (QED) is 0.607. The number of nitrogens with one attached hydrogen (secondary N) is 2. The van der Waals surface area contributed by atoms with Gasteiger partial charge in [0.1, 0.15) is 5.82 Å². The van der Waals surface area contributed by atoms with E-state index in [2.05, 4.69) is 10.6 Å². The zero-order valence-corrected chi connectivity index (χ0v) is 11.4. The number of amides is 2. The van der Waals surface area contributed by atoms with E-state index in [0.717, 1.165) is 0 Å². The number of carboxylic acids is 1. The first kappa shape index (κ1) is 16.6. The molecule has 0 saturated heterocycles. The van der Waals surface area contributed by atoms with Gasteiger partial charge in [0.2, 0.25) is 11.8 Å². The number of benzene rings is 1. The molecule has 0 aliphatic carbocycles. The molecule has 3 N–H and O–H groups in total. The van der Waals surface area contributed by atoms with Crippen molar-refractivity contribution in [2.45, 2.75) is 19.3 Å². The minimum Gasteiger partial charge on any atom is -0.481 e. The maximum absolute atomic E-state index is 12.9. The van der Waals surface area contributed by atoms with Crippen LogP contribution in [0.3, 0.4) is 0 Å². The zero-order chi connectivity index (χ0) is 15.7. The van der Waals surface area contributed by atoms with E-state index < -0.39 is 17.7 Å². The molecule has 1 rings (SSSR count). The monoisotopic (exact) mass is 296 g/mol. The Kier molecular flexibility index (Phi) is 6.86. The normalized spacial score (nSPS) is 9.95. The van der Waals surface area contributed by atoms with Gasteiger partial charge >= 0.3 is 5.97 Å². The summed E-state index contributed by atoms with van der Waals surface area (Å²) in [5.74, 6) is -2.13. The van der Waals surface area contributed by atoms with Gasteiger partial charge in [0, 0.05) is 13.0 Å². The van der Waals surface area contributed by atoms with Crippen LogP contribution in [0.1, 0.15) is 18.4 Å². The fourth-order valence-electron chi connectivity index (χ4n) is 1.60. The van der Waals surface area contributed by atoms with Crippen LogP contribution in [-0.2, 0) is 20.8 Å². The summed E-state index contributed by atoms with van der Waals surface area (Å²) in [6.07, 6.45) is 0.300. The zero-order valence-electron chi connectivity index (χ0n) is 11.4. The lowest BCUT2D eigenvalue weighted by Gasteiger charge is -2.06. The lowest BCUT2D eigenvalue weighted by atomic mass is 10.1. The second-order valence-corrected chi connectivity index (χ2v) is 4.43. The number of carboxylic acid groups (broad SMARTS) is 1. The second kappa shape index (κ2) is 8.68. The smallest absolute Gasteiger partial charge is 0.303 e. The Morgan fingerprint density at radius 1 is 1.14 bits per heavy atom. The van der Waals surface area contributed by atoms with Gasteiger partial charge in [-0.2, -0.15) is 0 Å². The molecule has 0 heterocycles. The number of hydrogen-bond acceptors (Lipinski definition) is 3. The Bertz CT molecular complexity index is 519. The highest BCUT2D eigenvalue weighted by atomic mass is 19.1. The molecular formula is C14H17FN2O4. The first-order valence-electron chi connectivity index (χ1n) is 6.47. The van der Waals surface area contributed by atoms with E-state index in [1.165, 1.54) is 18.2 Å². The summed E-state index contributed by atoms with van der Waals surface area (Å²) < 4.78 is 12.9. The molecule has 6 nitrogen and oxygen atoms in total. The van der Waals surface area contributed by atoms with Crippen LogP contribution in [0.15, 0.2) is 24.3 Å². The SMILES string of the molecule is O=C(O)CCCNC(=O)CNC(=O)Cc1cccc(F)c1. The third-order valence-electron chi connectivity index (χ3n) is 2.59. The molecule has 0 aliphatic rings. The second-order valence-electron chi connectivity index (χ2n) is 4.43. The number of rotatable bonds is 8. The largest absolute Gasteiger partial charge is 0.481 e. The fourth-order valence-corrected chi connectivity index (χ4v) is 1.60. The van der Waals surface area contributed by atoms with E-state index in [4.69, 9.17) is 5.11 Å². The van der Waals surface area contributed by atoms with Crippen molar-refractivity contribution in [1.29, 1.82) is 0 Å². The molecule has 21 heavy (non-hydrogen) atoms. The molecular weight excluding hydrogens is 279 g/mol. The van der Waals surface area contributed by atoms with Gasteiger partial charge in [0.25, 0.3) is 0 Å².